The van der Waals surface area contributed by atoms with E-state index in [9.17, 15) is 19.5 Å². The predicted molar refractivity (Wildman–Crippen MR) is 212 cm³/mol. The number of carbonyl (C=O) groups excluding carboxylic acids is 2. The zero-order chi connectivity index (χ0) is 38.2. The summed E-state index contributed by atoms with van der Waals surface area (Å²) >= 11 is 1.48. The number of carbonyl (C=O) groups is 2. The summed E-state index contributed by atoms with van der Waals surface area (Å²) < 4.78 is 12.7. The largest absolute Gasteiger partial charge is 0.392 e. The first-order chi connectivity index (χ1) is 26.7. The van der Waals surface area contributed by atoms with Gasteiger partial charge in [0, 0.05) is 92.6 Å². The Hall–Kier alpha value is -4.93. The minimum atomic E-state index is -0.396. The zero-order valence-corrected chi connectivity index (χ0v) is 32.0. The number of hydrogen-bond donors (Lipinski definition) is 3. The van der Waals surface area contributed by atoms with E-state index in [1.807, 2.05) is 12.1 Å². The molecule has 4 aliphatic heterocycles. The van der Waals surface area contributed by atoms with Crippen LogP contribution in [0, 0.1) is 0 Å². The number of thiophene rings is 1. The third kappa shape index (κ3) is 7.18. The molecule has 2 fully saturated rings. The van der Waals surface area contributed by atoms with Crippen molar-refractivity contribution in [2.75, 3.05) is 66.4 Å². The second-order valence-corrected chi connectivity index (χ2v) is 15.6. The first-order valence-electron chi connectivity index (χ1n) is 18.9. The molecule has 14 nitrogen and oxygen atoms in total. The van der Waals surface area contributed by atoms with E-state index in [4.69, 9.17) is 14.5 Å². The molecular formula is C40H46N8O6S. The van der Waals surface area contributed by atoms with Crippen LogP contribution in [0.5, 0.6) is 0 Å². The number of aromatic nitrogens is 3. The summed E-state index contributed by atoms with van der Waals surface area (Å²) in [5.74, 6) is -0.0674. The number of hydrogen-bond acceptors (Lipinski definition) is 12. The Kier molecular flexibility index (Phi) is 10.5. The van der Waals surface area contributed by atoms with Crippen molar-refractivity contribution in [3.05, 3.63) is 86.1 Å². The Balaban J connectivity index is 1.07. The number of nitrogens with one attached hydrogen (secondary N) is 2. The molecule has 288 valence electrons. The van der Waals surface area contributed by atoms with Crippen molar-refractivity contribution in [2.24, 2.45) is 7.05 Å². The van der Waals surface area contributed by atoms with Gasteiger partial charge in [-0.3, -0.25) is 24.2 Å². The maximum Gasteiger partial charge on any atom is 0.293 e. The minimum Gasteiger partial charge on any atom is -0.392 e. The normalized spacial score (nSPS) is 19.2. The van der Waals surface area contributed by atoms with Gasteiger partial charge < -0.3 is 34.7 Å². The molecular weight excluding hydrogens is 721 g/mol. The highest BCUT2D eigenvalue weighted by Crippen LogP contribution is 2.39. The lowest BCUT2D eigenvalue weighted by atomic mass is 9.97. The van der Waals surface area contributed by atoms with E-state index in [0.29, 0.717) is 71.1 Å². The lowest BCUT2D eigenvalue weighted by Gasteiger charge is -2.45. The standard InChI is InChI=1S/C40H46N8O6S/c1-4-35(50)43-31-19-25(5-6-33(31)47-15-14-46(20-24(47)2)26-9-16-53-17-10-26)42-37-40(52)45(3)21-32(44-37)27-7-12-41-38(30(27)22-49)48-13-8-29-28-11-18-54-23-34(28)55-36(29)39(48)51/h4-7,12,19,21,24,26,49H,1,8-11,13-18,20,22-23H2,2-3H3,(H,42,44)(H,43,50). The highest BCUT2D eigenvalue weighted by atomic mass is 32.1. The maximum absolute atomic E-state index is 13.9. The van der Waals surface area contributed by atoms with E-state index >= 15 is 0 Å². The molecule has 1 unspecified atom stereocenters. The van der Waals surface area contributed by atoms with Crippen molar-refractivity contribution in [2.45, 2.75) is 57.9 Å². The molecule has 1 aromatic carbocycles. The van der Waals surface area contributed by atoms with Gasteiger partial charge in [-0.25, -0.2) is 9.97 Å². The van der Waals surface area contributed by atoms with Crippen LogP contribution in [-0.4, -0.2) is 94.4 Å². The SMILES string of the molecule is C=CC(=O)Nc1cc(Nc2nc(-c3ccnc(N4CCc5c(sc6c5CCOC6)C4=O)c3CO)cn(C)c2=O)ccc1N1CCN(C2CCOCC2)CC1C. The Morgan fingerprint density at radius 3 is 2.71 bits per heavy atom. The number of benzene rings is 1. The molecule has 3 N–H and O–H groups in total. The molecule has 3 aromatic heterocycles. The van der Waals surface area contributed by atoms with Gasteiger partial charge >= 0.3 is 0 Å². The van der Waals surface area contributed by atoms with Crippen LogP contribution >= 0.6 is 11.3 Å². The topological polar surface area (TPSA) is 154 Å². The van der Waals surface area contributed by atoms with Gasteiger partial charge in [0.1, 0.15) is 5.82 Å². The van der Waals surface area contributed by atoms with Crippen LogP contribution in [0.4, 0.5) is 28.7 Å². The van der Waals surface area contributed by atoms with Gasteiger partial charge in [0.25, 0.3) is 11.5 Å². The maximum atomic E-state index is 13.9. The monoisotopic (exact) mass is 766 g/mol. The molecule has 55 heavy (non-hydrogen) atoms. The molecule has 0 radical (unpaired) electrons. The summed E-state index contributed by atoms with van der Waals surface area (Å²) in [4.78, 5) is 57.7. The van der Waals surface area contributed by atoms with Crippen LogP contribution in [0.15, 0.2) is 54.1 Å². The quantitative estimate of drug-likeness (QED) is 0.210. The molecule has 7 heterocycles. The number of amides is 2. The molecule has 15 heteroatoms. The average molecular weight is 767 g/mol. The Morgan fingerprint density at radius 1 is 1.09 bits per heavy atom. The number of aliphatic hydroxyl groups excluding tert-OH is 1. The number of pyridine rings is 1. The average Bonchev–Trinajstić information content (AvgIpc) is 3.59. The molecule has 0 spiro atoms. The molecule has 4 aromatic rings. The van der Waals surface area contributed by atoms with Gasteiger partial charge in [-0.15, -0.1) is 11.3 Å². The van der Waals surface area contributed by atoms with E-state index in [0.717, 1.165) is 68.2 Å². The first-order valence-corrected chi connectivity index (χ1v) is 19.7. The van der Waals surface area contributed by atoms with Gasteiger partial charge in [-0.05, 0) is 74.1 Å². The molecule has 1 atom stereocenters. The van der Waals surface area contributed by atoms with Gasteiger partial charge in [0.2, 0.25) is 5.91 Å². The smallest absolute Gasteiger partial charge is 0.293 e. The molecule has 0 bridgehead atoms. The minimum absolute atomic E-state index is 0.0551. The third-order valence-corrected chi connectivity index (χ3v) is 12.4. The number of nitrogens with zero attached hydrogens (tertiary/aromatic N) is 6. The summed E-state index contributed by atoms with van der Waals surface area (Å²) in [6.45, 7) is 11.2. The second-order valence-electron chi connectivity index (χ2n) is 14.5. The van der Waals surface area contributed by atoms with Crippen LogP contribution in [-0.2, 0) is 47.4 Å². The lowest BCUT2D eigenvalue weighted by molar-refractivity contribution is -0.111. The number of anilines is 5. The highest BCUT2D eigenvalue weighted by molar-refractivity contribution is 7.14. The van der Waals surface area contributed by atoms with Gasteiger partial charge in [0.15, 0.2) is 5.82 Å². The first kappa shape index (κ1) is 37.0. The fraction of sp³-hybridized carbons (Fsp3) is 0.425. The van der Waals surface area contributed by atoms with Crippen LogP contribution in [0.2, 0.25) is 0 Å². The highest BCUT2D eigenvalue weighted by Gasteiger charge is 2.35. The number of rotatable bonds is 9. The van der Waals surface area contributed by atoms with Crippen molar-refractivity contribution in [1.29, 1.82) is 0 Å². The lowest BCUT2D eigenvalue weighted by Crippen LogP contribution is -2.56. The summed E-state index contributed by atoms with van der Waals surface area (Å²) in [7, 11) is 1.64. The summed E-state index contributed by atoms with van der Waals surface area (Å²) in [6, 6.07) is 8.07. The number of ether oxygens (including phenoxy) is 2. The molecule has 2 amide bonds. The van der Waals surface area contributed by atoms with Crippen LogP contribution < -0.4 is 26.0 Å². The fourth-order valence-electron chi connectivity index (χ4n) is 8.32. The van der Waals surface area contributed by atoms with Crippen LogP contribution in [0.1, 0.15) is 51.0 Å². The summed E-state index contributed by atoms with van der Waals surface area (Å²) in [5.41, 5.74) is 5.38. The van der Waals surface area contributed by atoms with E-state index in [2.05, 4.69) is 38.9 Å². The predicted octanol–water partition coefficient (Wildman–Crippen LogP) is 4.23. The number of aryl methyl sites for hydroxylation is 1. The van der Waals surface area contributed by atoms with Crippen molar-refractivity contribution in [3.63, 3.8) is 0 Å². The van der Waals surface area contributed by atoms with Crippen molar-refractivity contribution in [3.8, 4) is 11.3 Å². The molecule has 0 saturated carbocycles. The zero-order valence-electron chi connectivity index (χ0n) is 31.2. The Morgan fingerprint density at radius 2 is 1.93 bits per heavy atom. The van der Waals surface area contributed by atoms with Crippen molar-refractivity contribution < 1.29 is 24.2 Å². The van der Waals surface area contributed by atoms with Gasteiger partial charge in [-0.2, -0.15) is 0 Å². The molecule has 0 aliphatic carbocycles. The molecule has 2 saturated heterocycles. The number of piperazine rings is 1. The van der Waals surface area contributed by atoms with Crippen LogP contribution in [0.25, 0.3) is 11.3 Å². The van der Waals surface area contributed by atoms with Gasteiger partial charge in [-0.1, -0.05) is 6.58 Å². The van der Waals surface area contributed by atoms with E-state index < -0.39 is 6.61 Å². The van der Waals surface area contributed by atoms with Crippen LogP contribution in [0.3, 0.4) is 0 Å². The summed E-state index contributed by atoms with van der Waals surface area (Å²) in [6.07, 6.45) is 8.01. The fourth-order valence-corrected chi connectivity index (χ4v) is 9.61. The van der Waals surface area contributed by atoms with E-state index in [1.165, 1.54) is 27.5 Å². The van der Waals surface area contributed by atoms with E-state index in [-0.39, 0.29) is 29.2 Å². The Labute approximate surface area is 323 Å². The Bertz CT molecular complexity index is 2200. The van der Waals surface area contributed by atoms with Crippen molar-refractivity contribution in [1.82, 2.24) is 19.4 Å². The number of fused-ring (bicyclic) bond motifs is 3. The summed E-state index contributed by atoms with van der Waals surface area (Å²) in [5, 5.41) is 16.9. The van der Waals surface area contributed by atoms with Gasteiger partial charge in [0.05, 0.1) is 41.8 Å². The third-order valence-electron chi connectivity index (χ3n) is 11.1. The molecule has 4 aliphatic rings. The van der Waals surface area contributed by atoms with E-state index in [1.54, 1.807) is 36.5 Å². The second kappa shape index (κ2) is 15.7. The van der Waals surface area contributed by atoms with Crippen molar-refractivity contribution >= 4 is 51.8 Å². The molecule has 8 rings (SSSR count). The number of aliphatic hydroxyl groups is 1.